The van der Waals surface area contributed by atoms with Gasteiger partial charge < -0.3 is 14.6 Å². The zero-order chi connectivity index (χ0) is 13.4. The lowest BCUT2D eigenvalue weighted by Crippen LogP contribution is -2.38. The molecule has 0 bridgehead atoms. The van der Waals surface area contributed by atoms with Gasteiger partial charge in [0.15, 0.2) is 0 Å². The van der Waals surface area contributed by atoms with Crippen molar-refractivity contribution in [1.29, 1.82) is 0 Å². The van der Waals surface area contributed by atoms with E-state index in [1.807, 2.05) is 0 Å². The Kier molecular flexibility index (Phi) is 3.58. The fourth-order valence-electron chi connectivity index (χ4n) is 3.31. The summed E-state index contributed by atoms with van der Waals surface area (Å²) < 4.78 is 2.25. The van der Waals surface area contributed by atoms with Gasteiger partial charge in [-0.1, -0.05) is 0 Å². The van der Waals surface area contributed by atoms with Gasteiger partial charge in [-0.3, -0.25) is 0 Å². The maximum atomic E-state index is 9.68. The Morgan fingerprint density at radius 3 is 2.53 bits per heavy atom. The number of aromatic nitrogens is 3. The molecule has 1 saturated heterocycles. The van der Waals surface area contributed by atoms with Gasteiger partial charge in [0.25, 0.3) is 0 Å². The number of fused-ring (bicyclic) bond motifs is 1. The Morgan fingerprint density at radius 2 is 1.84 bits per heavy atom. The first-order chi connectivity index (χ1) is 9.15. The summed E-state index contributed by atoms with van der Waals surface area (Å²) in [6, 6.07) is 0.642. The number of aliphatic hydroxyl groups is 1. The summed E-state index contributed by atoms with van der Waals surface area (Å²) in [5.74, 6) is 2.68. The van der Waals surface area contributed by atoms with Gasteiger partial charge in [-0.15, -0.1) is 10.2 Å². The third kappa shape index (κ3) is 2.54. The second-order valence-corrected chi connectivity index (χ2v) is 6.18. The second kappa shape index (κ2) is 5.21. The molecule has 1 atom stereocenters. The van der Waals surface area contributed by atoms with Crippen molar-refractivity contribution in [3.8, 4) is 0 Å². The smallest absolute Gasteiger partial charge is 0.136 e. The van der Waals surface area contributed by atoms with Gasteiger partial charge in [0.1, 0.15) is 11.6 Å². The van der Waals surface area contributed by atoms with E-state index in [-0.39, 0.29) is 6.10 Å². The zero-order valence-corrected chi connectivity index (χ0v) is 11.9. The molecular formula is C14H24N4O. The van der Waals surface area contributed by atoms with E-state index in [1.54, 1.807) is 0 Å². The van der Waals surface area contributed by atoms with Gasteiger partial charge in [-0.2, -0.15) is 0 Å². The SMILES string of the molecule is CC(C)N1CCC(c2nnc3n2CCC(O)C3)CC1. The fourth-order valence-corrected chi connectivity index (χ4v) is 3.31. The summed E-state index contributed by atoms with van der Waals surface area (Å²) in [4.78, 5) is 2.54. The minimum Gasteiger partial charge on any atom is -0.393 e. The number of likely N-dealkylation sites (tertiary alicyclic amines) is 1. The van der Waals surface area contributed by atoms with Crippen LogP contribution in [-0.4, -0.2) is 50.0 Å². The van der Waals surface area contributed by atoms with Gasteiger partial charge in [-0.25, -0.2) is 0 Å². The molecule has 0 amide bonds. The van der Waals surface area contributed by atoms with Crippen LogP contribution in [0.3, 0.4) is 0 Å². The largest absolute Gasteiger partial charge is 0.393 e. The van der Waals surface area contributed by atoms with E-state index in [0.29, 0.717) is 18.4 Å². The summed E-state index contributed by atoms with van der Waals surface area (Å²) in [7, 11) is 0. The van der Waals surface area contributed by atoms with E-state index in [0.717, 1.165) is 37.7 Å². The van der Waals surface area contributed by atoms with E-state index >= 15 is 0 Å². The Balaban J connectivity index is 1.71. The highest BCUT2D eigenvalue weighted by atomic mass is 16.3. The van der Waals surface area contributed by atoms with E-state index in [4.69, 9.17) is 0 Å². The van der Waals surface area contributed by atoms with Crippen molar-refractivity contribution < 1.29 is 5.11 Å². The van der Waals surface area contributed by atoms with E-state index in [2.05, 4.69) is 33.5 Å². The highest BCUT2D eigenvalue weighted by Gasteiger charge is 2.29. The molecule has 3 heterocycles. The molecule has 1 fully saturated rings. The van der Waals surface area contributed by atoms with Gasteiger partial charge in [0, 0.05) is 24.9 Å². The maximum absolute atomic E-state index is 9.68. The monoisotopic (exact) mass is 264 g/mol. The third-order valence-corrected chi connectivity index (χ3v) is 4.59. The molecule has 106 valence electrons. The molecule has 5 nitrogen and oxygen atoms in total. The van der Waals surface area contributed by atoms with Crippen molar-refractivity contribution in [3.05, 3.63) is 11.6 Å². The van der Waals surface area contributed by atoms with Crippen LogP contribution in [0.4, 0.5) is 0 Å². The lowest BCUT2D eigenvalue weighted by Gasteiger charge is -2.34. The molecule has 0 aliphatic carbocycles. The van der Waals surface area contributed by atoms with Crippen LogP contribution in [0, 0.1) is 0 Å². The summed E-state index contributed by atoms with van der Waals surface area (Å²) in [5, 5.41) is 18.4. The first kappa shape index (κ1) is 13.1. The third-order valence-electron chi connectivity index (χ3n) is 4.59. The molecule has 0 spiro atoms. The Bertz CT molecular complexity index is 435. The zero-order valence-electron chi connectivity index (χ0n) is 11.9. The van der Waals surface area contributed by atoms with Crippen molar-refractivity contribution in [2.75, 3.05) is 13.1 Å². The van der Waals surface area contributed by atoms with Crippen LogP contribution >= 0.6 is 0 Å². The number of rotatable bonds is 2. The van der Waals surface area contributed by atoms with Crippen LogP contribution in [0.5, 0.6) is 0 Å². The molecule has 0 aromatic carbocycles. The van der Waals surface area contributed by atoms with Crippen LogP contribution in [0.15, 0.2) is 0 Å². The van der Waals surface area contributed by atoms with Crippen LogP contribution in [0.2, 0.25) is 0 Å². The number of hydrogen-bond donors (Lipinski definition) is 1. The van der Waals surface area contributed by atoms with Gasteiger partial charge in [0.2, 0.25) is 0 Å². The molecule has 19 heavy (non-hydrogen) atoms. The van der Waals surface area contributed by atoms with E-state index < -0.39 is 0 Å². The van der Waals surface area contributed by atoms with E-state index in [9.17, 15) is 5.11 Å². The standard InChI is InChI=1S/C14H24N4O/c1-10(2)17-6-3-11(4-7-17)14-16-15-13-9-12(19)5-8-18(13)14/h10-12,19H,3-9H2,1-2H3. The second-order valence-electron chi connectivity index (χ2n) is 6.18. The van der Waals surface area contributed by atoms with Gasteiger partial charge >= 0.3 is 0 Å². The average molecular weight is 264 g/mol. The minimum atomic E-state index is -0.229. The molecule has 0 saturated carbocycles. The van der Waals surface area contributed by atoms with Crippen LogP contribution in [-0.2, 0) is 13.0 Å². The lowest BCUT2D eigenvalue weighted by atomic mass is 9.94. The van der Waals surface area contributed by atoms with E-state index in [1.165, 1.54) is 12.8 Å². The average Bonchev–Trinajstić information content (AvgIpc) is 2.81. The molecule has 3 rings (SSSR count). The number of aliphatic hydroxyl groups excluding tert-OH is 1. The van der Waals surface area contributed by atoms with Crippen molar-refractivity contribution in [1.82, 2.24) is 19.7 Å². The molecule has 1 aromatic rings. The fraction of sp³-hybridized carbons (Fsp3) is 0.857. The van der Waals surface area contributed by atoms with Crippen molar-refractivity contribution in [2.45, 2.75) is 64.1 Å². The lowest BCUT2D eigenvalue weighted by molar-refractivity contribution is 0.138. The van der Waals surface area contributed by atoms with Gasteiger partial charge in [-0.05, 0) is 46.2 Å². The first-order valence-corrected chi connectivity index (χ1v) is 7.49. The first-order valence-electron chi connectivity index (χ1n) is 7.49. The van der Waals surface area contributed by atoms with Crippen LogP contribution in [0.25, 0.3) is 0 Å². The minimum absolute atomic E-state index is 0.229. The predicted octanol–water partition coefficient (Wildman–Crippen LogP) is 1.17. The van der Waals surface area contributed by atoms with Crippen molar-refractivity contribution in [2.24, 2.45) is 0 Å². The van der Waals surface area contributed by atoms with Gasteiger partial charge in [0.05, 0.1) is 6.10 Å². The summed E-state index contributed by atoms with van der Waals surface area (Å²) in [6.07, 6.45) is 3.63. The molecular weight excluding hydrogens is 240 g/mol. The molecule has 2 aliphatic heterocycles. The number of piperidine rings is 1. The highest BCUT2D eigenvalue weighted by molar-refractivity contribution is 5.07. The normalized spacial score (nSPS) is 25.8. The Labute approximate surface area is 114 Å². The topological polar surface area (TPSA) is 54.2 Å². The number of hydrogen-bond acceptors (Lipinski definition) is 4. The molecule has 1 N–H and O–H groups in total. The summed E-state index contributed by atoms with van der Waals surface area (Å²) in [5.41, 5.74) is 0. The maximum Gasteiger partial charge on any atom is 0.136 e. The Hall–Kier alpha value is -0.940. The van der Waals surface area contributed by atoms with Crippen LogP contribution < -0.4 is 0 Å². The molecule has 5 heteroatoms. The molecule has 0 radical (unpaired) electrons. The quantitative estimate of drug-likeness (QED) is 0.871. The summed E-state index contributed by atoms with van der Waals surface area (Å²) >= 11 is 0. The predicted molar refractivity (Wildman–Crippen MR) is 73.0 cm³/mol. The van der Waals surface area contributed by atoms with Crippen molar-refractivity contribution >= 4 is 0 Å². The van der Waals surface area contributed by atoms with Crippen LogP contribution in [0.1, 0.15) is 50.7 Å². The Morgan fingerprint density at radius 1 is 1.11 bits per heavy atom. The molecule has 2 aliphatic rings. The molecule has 1 unspecified atom stereocenters. The summed E-state index contributed by atoms with van der Waals surface area (Å²) in [6.45, 7) is 7.73. The molecule has 1 aromatic heterocycles. The van der Waals surface area contributed by atoms with Crippen molar-refractivity contribution in [3.63, 3.8) is 0 Å². The highest BCUT2D eigenvalue weighted by Crippen LogP contribution is 2.29. The number of nitrogens with zero attached hydrogens (tertiary/aromatic N) is 4.